The number of carbonyl (C=O) groups is 2. The molecule has 1 saturated heterocycles. The van der Waals surface area contributed by atoms with Gasteiger partial charge in [-0.1, -0.05) is 39.0 Å². The molecule has 4 nitrogen and oxygen atoms in total. The molecule has 1 heterocycles. The molecule has 1 spiro atoms. The van der Waals surface area contributed by atoms with Crippen LogP contribution in [0.3, 0.4) is 0 Å². The van der Waals surface area contributed by atoms with E-state index in [9.17, 15) is 14.7 Å². The number of amides is 2. The van der Waals surface area contributed by atoms with Crippen molar-refractivity contribution in [2.24, 2.45) is 5.41 Å². The summed E-state index contributed by atoms with van der Waals surface area (Å²) < 4.78 is 0. The Kier molecular flexibility index (Phi) is 4.61. The number of imide groups is 1. The summed E-state index contributed by atoms with van der Waals surface area (Å²) in [6.45, 7) is 2.18. The molecule has 1 N–H and O–H groups in total. The number of nitrogens with zero attached hydrogens (tertiary/aromatic N) is 1. The molecule has 2 rings (SSSR count). The van der Waals surface area contributed by atoms with E-state index in [0.29, 0.717) is 12.8 Å². The van der Waals surface area contributed by atoms with Gasteiger partial charge < -0.3 is 5.11 Å². The molecule has 2 aliphatic rings. The maximum Gasteiger partial charge on any atom is 0.235 e. The molecule has 0 aromatic carbocycles. The average Bonchev–Trinajstić information content (AvgIpc) is 2.57. The highest BCUT2D eigenvalue weighted by Crippen LogP contribution is 2.44. The second-order valence-corrected chi connectivity index (χ2v) is 6.12. The third-order valence-electron chi connectivity index (χ3n) is 4.57. The summed E-state index contributed by atoms with van der Waals surface area (Å²) in [5, 5.41) is 9.84. The molecule has 19 heavy (non-hydrogen) atoms. The first kappa shape index (κ1) is 14.5. The van der Waals surface area contributed by atoms with Crippen molar-refractivity contribution < 1.29 is 14.7 Å². The summed E-state index contributed by atoms with van der Waals surface area (Å²) >= 11 is 0. The van der Waals surface area contributed by atoms with E-state index in [0.717, 1.165) is 32.1 Å². The van der Waals surface area contributed by atoms with Crippen LogP contribution in [0.4, 0.5) is 0 Å². The lowest BCUT2D eigenvalue weighted by atomic mass is 9.79. The van der Waals surface area contributed by atoms with Crippen molar-refractivity contribution in [3.05, 3.63) is 0 Å². The number of β-amino-alcohol motifs (C(OH)–C–C–N with tert-alkyl or cyclic N) is 1. The van der Waals surface area contributed by atoms with Crippen molar-refractivity contribution in [3.8, 4) is 0 Å². The standard InChI is InChI=1S/C15H25NO3/c1-2-7-12(17)11-16-13(18)10-15(14(16)19)8-5-3-4-6-9-15/h12,17H,2-11H2,1H3. The summed E-state index contributed by atoms with van der Waals surface area (Å²) in [6, 6.07) is 0. The van der Waals surface area contributed by atoms with Crippen molar-refractivity contribution in [1.82, 2.24) is 4.90 Å². The first-order valence-corrected chi connectivity index (χ1v) is 7.62. The zero-order valence-electron chi connectivity index (χ0n) is 11.9. The van der Waals surface area contributed by atoms with Crippen LogP contribution in [0.5, 0.6) is 0 Å². The largest absolute Gasteiger partial charge is 0.391 e. The molecule has 2 amide bonds. The van der Waals surface area contributed by atoms with Crippen molar-refractivity contribution in [2.75, 3.05) is 6.54 Å². The Morgan fingerprint density at radius 2 is 1.84 bits per heavy atom. The quantitative estimate of drug-likeness (QED) is 0.795. The molecule has 1 saturated carbocycles. The fraction of sp³-hybridized carbons (Fsp3) is 0.867. The number of likely N-dealkylation sites (tertiary alicyclic amines) is 1. The minimum Gasteiger partial charge on any atom is -0.391 e. The van der Waals surface area contributed by atoms with Gasteiger partial charge in [-0.05, 0) is 19.3 Å². The van der Waals surface area contributed by atoms with Crippen LogP contribution >= 0.6 is 0 Å². The number of aliphatic hydroxyl groups excluding tert-OH is 1. The van der Waals surface area contributed by atoms with Gasteiger partial charge in [0.15, 0.2) is 0 Å². The molecule has 0 aromatic rings. The minimum atomic E-state index is -0.571. The summed E-state index contributed by atoms with van der Waals surface area (Å²) in [4.78, 5) is 26.0. The lowest BCUT2D eigenvalue weighted by molar-refractivity contribution is -0.143. The summed E-state index contributed by atoms with van der Waals surface area (Å²) in [5.74, 6) is -0.100. The Hall–Kier alpha value is -0.900. The van der Waals surface area contributed by atoms with Gasteiger partial charge in [0.2, 0.25) is 11.8 Å². The molecule has 2 fully saturated rings. The van der Waals surface area contributed by atoms with Crippen LogP contribution in [0.15, 0.2) is 0 Å². The van der Waals surface area contributed by atoms with Crippen molar-refractivity contribution in [1.29, 1.82) is 0 Å². The zero-order valence-corrected chi connectivity index (χ0v) is 11.9. The molecule has 4 heteroatoms. The summed E-state index contributed by atoms with van der Waals surface area (Å²) in [7, 11) is 0. The molecule has 1 unspecified atom stereocenters. The number of hydrogen-bond donors (Lipinski definition) is 1. The molecule has 0 aromatic heterocycles. The second-order valence-electron chi connectivity index (χ2n) is 6.12. The normalized spacial score (nSPS) is 24.8. The van der Waals surface area contributed by atoms with E-state index < -0.39 is 11.5 Å². The van der Waals surface area contributed by atoms with Crippen LogP contribution in [0.1, 0.15) is 64.7 Å². The Bertz CT molecular complexity index is 345. The lowest BCUT2D eigenvalue weighted by Gasteiger charge is -2.25. The Balaban J connectivity index is 2.06. The number of aliphatic hydroxyl groups is 1. The Morgan fingerprint density at radius 3 is 2.42 bits per heavy atom. The monoisotopic (exact) mass is 267 g/mol. The topological polar surface area (TPSA) is 57.6 Å². The van der Waals surface area contributed by atoms with Crippen LogP contribution in [0, 0.1) is 5.41 Å². The predicted molar refractivity (Wildman–Crippen MR) is 72.4 cm³/mol. The molecule has 1 atom stereocenters. The smallest absolute Gasteiger partial charge is 0.235 e. The zero-order chi connectivity index (χ0) is 13.9. The molecule has 1 aliphatic carbocycles. The maximum absolute atomic E-state index is 12.6. The number of hydrogen-bond acceptors (Lipinski definition) is 3. The van der Waals surface area contributed by atoms with Gasteiger partial charge in [0.1, 0.15) is 0 Å². The fourth-order valence-corrected chi connectivity index (χ4v) is 3.48. The van der Waals surface area contributed by atoms with Gasteiger partial charge in [-0.3, -0.25) is 14.5 Å². The van der Waals surface area contributed by atoms with E-state index in [-0.39, 0.29) is 18.4 Å². The van der Waals surface area contributed by atoms with Gasteiger partial charge in [-0.25, -0.2) is 0 Å². The average molecular weight is 267 g/mol. The molecule has 0 bridgehead atoms. The summed E-state index contributed by atoms with van der Waals surface area (Å²) in [5.41, 5.74) is -0.431. The highest BCUT2D eigenvalue weighted by atomic mass is 16.3. The van der Waals surface area contributed by atoms with Crippen molar-refractivity contribution in [2.45, 2.75) is 70.8 Å². The van der Waals surface area contributed by atoms with E-state index >= 15 is 0 Å². The van der Waals surface area contributed by atoms with Gasteiger partial charge in [0, 0.05) is 6.42 Å². The molecule has 0 radical (unpaired) electrons. The van der Waals surface area contributed by atoms with Gasteiger partial charge in [0.25, 0.3) is 0 Å². The van der Waals surface area contributed by atoms with E-state index in [2.05, 4.69) is 0 Å². The second kappa shape index (κ2) is 6.04. The van der Waals surface area contributed by atoms with Crippen molar-refractivity contribution in [3.63, 3.8) is 0 Å². The highest BCUT2D eigenvalue weighted by molar-refractivity contribution is 6.05. The Morgan fingerprint density at radius 1 is 1.21 bits per heavy atom. The van der Waals surface area contributed by atoms with Gasteiger partial charge in [-0.2, -0.15) is 0 Å². The highest BCUT2D eigenvalue weighted by Gasteiger charge is 2.51. The van der Waals surface area contributed by atoms with Crippen LogP contribution in [-0.2, 0) is 9.59 Å². The first-order valence-electron chi connectivity index (χ1n) is 7.62. The van der Waals surface area contributed by atoms with Crippen LogP contribution < -0.4 is 0 Å². The van der Waals surface area contributed by atoms with Gasteiger partial charge in [0.05, 0.1) is 18.1 Å². The van der Waals surface area contributed by atoms with E-state index in [1.54, 1.807) is 0 Å². The lowest BCUT2D eigenvalue weighted by Crippen LogP contribution is -2.40. The third kappa shape index (κ3) is 2.99. The van der Waals surface area contributed by atoms with Crippen LogP contribution in [0.25, 0.3) is 0 Å². The number of carbonyl (C=O) groups excluding carboxylic acids is 2. The summed E-state index contributed by atoms with van der Waals surface area (Å²) in [6.07, 6.45) is 7.42. The third-order valence-corrected chi connectivity index (χ3v) is 4.57. The number of rotatable bonds is 4. The van der Waals surface area contributed by atoms with Crippen molar-refractivity contribution >= 4 is 11.8 Å². The minimum absolute atomic E-state index is 0.0189. The van der Waals surface area contributed by atoms with E-state index in [1.165, 1.54) is 17.7 Å². The molecular formula is C15H25NO3. The SMILES string of the molecule is CCCC(O)CN1C(=O)CC2(CCCCCC2)C1=O. The first-order chi connectivity index (χ1) is 9.09. The molecular weight excluding hydrogens is 242 g/mol. The van der Waals surface area contributed by atoms with Gasteiger partial charge >= 0.3 is 0 Å². The van der Waals surface area contributed by atoms with Crippen LogP contribution in [0.2, 0.25) is 0 Å². The molecule has 1 aliphatic heterocycles. The predicted octanol–water partition coefficient (Wildman–Crippen LogP) is 2.25. The van der Waals surface area contributed by atoms with E-state index in [4.69, 9.17) is 0 Å². The van der Waals surface area contributed by atoms with Crippen LogP contribution in [-0.4, -0.2) is 34.5 Å². The van der Waals surface area contributed by atoms with E-state index in [1.807, 2.05) is 6.92 Å². The maximum atomic E-state index is 12.6. The van der Waals surface area contributed by atoms with Gasteiger partial charge in [-0.15, -0.1) is 0 Å². The fourth-order valence-electron chi connectivity index (χ4n) is 3.48. The Labute approximate surface area is 115 Å². The molecule has 108 valence electrons.